The van der Waals surface area contributed by atoms with Gasteiger partial charge < -0.3 is 4.74 Å². The third-order valence-electron chi connectivity index (χ3n) is 6.23. The maximum Gasteiger partial charge on any atom is 0.316 e. The number of carbonyl (C=O) groups excluding carboxylic acids is 1. The number of esters is 1. The highest BCUT2D eigenvalue weighted by Gasteiger charge is 2.41. The molecular formula is C27H30BrCl3FNO2. The lowest BCUT2D eigenvalue weighted by atomic mass is 9.83. The van der Waals surface area contributed by atoms with Gasteiger partial charge in [0.05, 0.1) is 25.3 Å². The summed E-state index contributed by atoms with van der Waals surface area (Å²) in [6.07, 6.45) is 5.06. The zero-order valence-corrected chi connectivity index (χ0v) is 23.9. The lowest BCUT2D eigenvalue weighted by Crippen LogP contribution is -2.34. The van der Waals surface area contributed by atoms with Crippen LogP contribution in [0.4, 0.5) is 4.39 Å². The van der Waals surface area contributed by atoms with Gasteiger partial charge in [-0.05, 0) is 76.5 Å². The molecule has 0 radical (unpaired) electrons. The van der Waals surface area contributed by atoms with Crippen molar-refractivity contribution in [2.24, 2.45) is 16.8 Å². The van der Waals surface area contributed by atoms with E-state index in [4.69, 9.17) is 39.5 Å². The maximum atomic E-state index is 13.8. The zero-order valence-electron chi connectivity index (χ0n) is 20.1. The first-order valence-electron chi connectivity index (χ1n) is 12.0. The van der Waals surface area contributed by atoms with E-state index in [-0.39, 0.29) is 28.8 Å². The van der Waals surface area contributed by atoms with E-state index in [1.54, 1.807) is 24.3 Å². The minimum Gasteiger partial charge on any atom is -0.462 e. The highest BCUT2D eigenvalue weighted by molar-refractivity contribution is 9.10. The van der Waals surface area contributed by atoms with Gasteiger partial charge in [-0.1, -0.05) is 74.5 Å². The fourth-order valence-electron chi connectivity index (χ4n) is 4.60. The van der Waals surface area contributed by atoms with Gasteiger partial charge in [-0.2, -0.15) is 0 Å². The average molecular weight is 606 g/mol. The smallest absolute Gasteiger partial charge is 0.316 e. The molecule has 4 atom stereocenters. The van der Waals surface area contributed by atoms with Gasteiger partial charge in [0.1, 0.15) is 17.8 Å². The van der Waals surface area contributed by atoms with Crippen LogP contribution in [0.2, 0.25) is 15.1 Å². The topological polar surface area (TPSA) is 38.7 Å². The SMILES string of the molecule is CC1CCCC(OC(=O)C2C(c3ccc(F)c(Br)c3)=NCC2c2cc(Cl)c(Cl)c(Cl)c2)C1.CCC. The van der Waals surface area contributed by atoms with Crippen molar-refractivity contribution in [3.05, 3.63) is 66.8 Å². The molecule has 1 aliphatic heterocycles. The summed E-state index contributed by atoms with van der Waals surface area (Å²) in [4.78, 5) is 18.2. The molecule has 1 fully saturated rings. The van der Waals surface area contributed by atoms with Crippen molar-refractivity contribution >= 4 is 62.4 Å². The molecule has 1 heterocycles. The lowest BCUT2D eigenvalue weighted by molar-refractivity contribution is -0.154. The molecule has 1 aliphatic carbocycles. The molecule has 2 aromatic carbocycles. The first kappa shape index (κ1) is 28.4. The van der Waals surface area contributed by atoms with E-state index >= 15 is 0 Å². The molecule has 2 aromatic rings. The van der Waals surface area contributed by atoms with Crippen LogP contribution >= 0.6 is 50.7 Å². The molecular weight excluding hydrogens is 576 g/mol. The summed E-state index contributed by atoms with van der Waals surface area (Å²) in [5.41, 5.74) is 2.01. The Kier molecular flexibility index (Phi) is 10.5. The molecule has 1 saturated carbocycles. The molecule has 3 nitrogen and oxygen atoms in total. The molecule has 0 amide bonds. The number of ether oxygens (including phenoxy) is 1. The van der Waals surface area contributed by atoms with Crippen molar-refractivity contribution in [2.75, 3.05) is 6.54 Å². The Balaban J connectivity index is 0.00000108. The van der Waals surface area contributed by atoms with Crippen molar-refractivity contribution in [3.63, 3.8) is 0 Å². The predicted octanol–water partition coefficient (Wildman–Crippen LogP) is 9.29. The predicted molar refractivity (Wildman–Crippen MR) is 147 cm³/mol. The van der Waals surface area contributed by atoms with Crippen LogP contribution in [-0.4, -0.2) is 24.3 Å². The molecule has 35 heavy (non-hydrogen) atoms. The Labute approximate surface area is 230 Å². The molecule has 0 aromatic heterocycles. The van der Waals surface area contributed by atoms with Crippen LogP contribution in [0.5, 0.6) is 0 Å². The summed E-state index contributed by atoms with van der Waals surface area (Å²) in [6.45, 7) is 6.79. The van der Waals surface area contributed by atoms with Gasteiger partial charge in [0, 0.05) is 12.5 Å². The number of carbonyl (C=O) groups is 1. The molecule has 4 rings (SSSR count). The Hall–Kier alpha value is -1.14. The van der Waals surface area contributed by atoms with Gasteiger partial charge in [0.15, 0.2) is 0 Å². The highest BCUT2D eigenvalue weighted by atomic mass is 79.9. The molecule has 8 heteroatoms. The lowest BCUT2D eigenvalue weighted by Gasteiger charge is -2.29. The summed E-state index contributed by atoms with van der Waals surface area (Å²) in [5.74, 6) is -1.15. The minimum absolute atomic E-state index is 0.105. The van der Waals surface area contributed by atoms with Crippen LogP contribution in [0, 0.1) is 17.7 Å². The normalized spacial score (nSPS) is 23.8. The second-order valence-corrected chi connectivity index (χ2v) is 11.3. The van der Waals surface area contributed by atoms with Gasteiger partial charge in [0.25, 0.3) is 0 Å². The summed E-state index contributed by atoms with van der Waals surface area (Å²) in [6, 6.07) is 8.08. The van der Waals surface area contributed by atoms with E-state index in [1.165, 1.54) is 12.5 Å². The number of nitrogens with zero attached hydrogens (tertiary/aromatic N) is 1. The third kappa shape index (κ3) is 7.00. The van der Waals surface area contributed by atoms with Crippen LogP contribution in [0.3, 0.4) is 0 Å². The van der Waals surface area contributed by atoms with Gasteiger partial charge >= 0.3 is 5.97 Å². The molecule has 0 N–H and O–H groups in total. The van der Waals surface area contributed by atoms with E-state index < -0.39 is 5.92 Å². The largest absolute Gasteiger partial charge is 0.462 e. The Morgan fingerprint density at radius 3 is 2.40 bits per heavy atom. The minimum atomic E-state index is -0.655. The van der Waals surface area contributed by atoms with Gasteiger partial charge in [0.2, 0.25) is 0 Å². The summed E-state index contributed by atoms with van der Waals surface area (Å²) in [7, 11) is 0. The quantitative estimate of drug-likeness (QED) is 0.257. The van der Waals surface area contributed by atoms with E-state index in [0.717, 1.165) is 31.2 Å². The maximum absolute atomic E-state index is 13.8. The third-order valence-corrected chi connectivity index (χ3v) is 8.03. The van der Waals surface area contributed by atoms with Gasteiger partial charge in [-0.15, -0.1) is 0 Å². The number of aliphatic imine (C=N–C) groups is 1. The van der Waals surface area contributed by atoms with Gasteiger partial charge in [-0.25, -0.2) is 4.39 Å². The second-order valence-electron chi connectivity index (χ2n) is 9.28. The van der Waals surface area contributed by atoms with Crippen LogP contribution in [-0.2, 0) is 9.53 Å². The molecule has 0 bridgehead atoms. The monoisotopic (exact) mass is 603 g/mol. The van der Waals surface area contributed by atoms with Crippen molar-refractivity contribution < 1.29 is 13.9 Å². The number of rotatable bonds is 4. The molecule has 2 aliphatic rings. The highest BCUT2D eigenvalue weighted by Crippen LogP contribution is 2.41. The Bertz CT molecular complexity index is 1070. The van der Waals surface area contributed by atoms with E-state index in [0.29, 0.717) is 38.3 Å². The Morgan fingerprint density at radius 2 is 1.80 bits per heavy atom. The first-order chi connectivity index (χ1) is 16.7. The zero-order chi connectivity index (χ0) is 25.7. The fourth-order valence-corrected chi connectivity index (χ4v) is 5.60. The fraction of sp³-hybridized carbons (Fsp3) is 0.481. The van der Waals surface area contributed by atoms with E-state index in [1.807, 2.05) is 0 Å². The van der Waals surface area contributed by atoms with Crippen molar-refractivity contribution in [3.8, 4) is 0 Å². The number of halogens is 5. The van der Waals surface area contributed by atoms with Crippen molar-refractivity contribution in [1.29, 1.82) is 0 Å². The van der Waals surface area contributed by atoms with E-state index in [2.05, 4.69) is 41.7 Å². The second kappa shape index (κ2) is 12.9. The number of benzene rings is 2. The Morgan fingerprint density at radius 1 is 1.14 bits per heavy atom. The first-order valence-corrected chi connectivity index (χ1v) is 13.9. The van der Waals surface area contributed by atoms with Gasteiger partial charge in [-0.3, -0.25) is 9.79 Å². The number of hydrogen-bond donors (Lipinski definition) is 0. The summed E-state index contributed by atoms with van der Waals surface area (Å²) < 4.78 is 20.1. The molecule has 0 saturated heterocycles. The van der Waals surface area contributed by atoms with Crippen LogP contribution < -0.4 is 0 Å². The van der Waals surface area contributed by atoms with E-state index in [9.17, 15) is 9.18 Å². The standard InChI is InChI=1S/C24H22BrCl3FNO2.C3H8/c1-12-3-2-4-15(7-12)32-24(31)21-16(14-9-18(26)22(28)19(27)10-14)11-30-23(21)13-5-6-20(29)17(25)8-13;1-3-2/h5-6,8-10,12,15-16,21H,2-4,7,11H2,1H3;3H2,1-2H3. The van der Waals surface area contributed by atoms with Crippen LogP contribution in [0.15, 0.2) is 39.8 Å². The average Bonchev–Trinajstić information content (AvgIpc) is 3.25. The van der Waals surface area contributed by atoms with Crippen molar-refractivity contribution in [2.45, 2.75) is 64.9 Å². The molecule has 190 valence electrons. The molecule has 0 spiro atoms. The number of hydrogen-bond acceptors (Lipinski definition) is 3. The summed E-state index contributed by atoms with van der Waals surface area (Å²) in [5, 5.41) is 0.912. The van der Waals surface area contributed by atoms with Crippen molar-refractivity contribution in [1.82, 2.24) is 0 Å². The van der Waals surface area contributed by atoms with Crippen LogP contribution in [0.25, 0.3) is 0 Å². The van der Waals surface area contributed by atoms with Crippen LogP contribution in [0.1, 0.15) is 69.9 Å². The summed E-state index contributed by atoms with van der Waals surface area (Å²) >= 11 is 21.9. The molecule has 4 unspecified atom stereocenters.